The molecule has 3 unspecified atom stereocenters. The summed E-state index contributed by atoms with van der Waals surface area (Å²) in [6.07, 6.45) is 0.762. The third kappa shape index (κ3) is 6.46. The van der Waals surface area contributed by atoms with Gasteiger partial charge in [0.1, 0.15) is 28.7 Å². The van der Waals surface area contributed by atoms with Crippen LogP contribution in [0.1, 0.15) is 47.1 Å². The summed E-state index contributed by atoms with van der Waals surface area (Å²) in [5.41, 5.74) is 1.41. The van der Waals surface area contributed by atoms with E-state index in [4.69, 9.17) is 33.2 Å². The van der Waals surface area contributed by atoms with Crippen LogP contribution < -0.4 is 67.8 Å². The molecule has 0 radical (unpaired) electrons. The second-order valence-electron chi connectivity index (χ2n) is 11.4. The van der Waals surface area contributed by atoms with E-state index in [0.29, 0.717) is 68.9 Å². The van der Waals surface area contributed by atoms with Gasteiger partial charge in [-0.1, -0.05) is 25.1 Å². The summed E-state index contributed by atoms with van der Waals surface area (Å²) in [5.74, 6) is -1.81. The zero-order valence-electron chi connectivity index (χ0n) is 27.9. The third-order valence-corrected chi connectivity index (χ3v) is 8.85. The number of hydrogen-bond acceptors (Lipinski definition) is 10. The Hall–Kier alpha value is -4.58. The van der Waals surface area contributed by atoms with Gasteiger partial charge < -0.3 is 48.2 Å². The maximum Gasteiger partial charge on any atom is 1.00 e. The Morgan fingerprint density at radius 3 is 2.14 bits per heavy atom. The van der Waals surface area contributed by atoms with Crippen molar-refractivity contribution in [3.63, 3.8) is 0 Å². The minimum atomic E-state index is -1.44. The number of benzene rings is 4. The van der Waals surface area contributed by atoms with Gasteiger partial charge in [-0.25, -0.2) is 4.79 Å². The van der Waals surface area contributed by atoms with Gasteiger partial charge >= 0.3 is 35.5 Å². The van der Waals surface area contributed by atoms with E-state index in [9.17, 15) is 19.8 Å². The van der Waals surface area contributed by atoms with E-state index in [1.807, 2.05) is 31.2 Å². The van der Waals surface area contributed by atoms with Crippen molar-refractivity contribution in [2.75, 3.05) is 41.3 Å². The first-order valence-corrected chi connectivity index (χ1v) is 15.4. The van der Waals surface area contributed by atoms with Gasteiger partial charge in [-0.05, 0) is 71.1 Å². The van der Waals surface area contributed by atoms with E-state index in [2.05, 4.69) is 0 Å². The molecule has 0 spiro atoms. The van der Waals surface area contributed by atoms with Gasteiger partial charge in [-0.15, -0.1) is 0 Å². The van der Waals surface area contributed by atoms with Crippen LogP contribution in [0.25, 0.3) is 0 Å². The smallest absolute Gasteiger partial charge is 0.550 e. The Morgan fingerprint density at radius 1 is 0.796 bits per heavy atom. The molecular formula is C37H35NaO11. The summed E-state index contributed by atoms with van der Waals surface area (Å²) in [7, 11) is 4.52. The van der Waals surface area contributed by atoms with Crippen LogP contribution in [0.5, 0.6) is 40.2 Å². The fraction of sp³-hybridized carbons (Fsp3) is 0.297. The molecule has 4 aromatic rings. The van der Waals surface area contributed by atoms with Crippen molar-refractivity contribution in [2.24, 2.45) is 5.92 Å². The molecule has 12 heteroatoms. The van der Waals surface area contributed by atoms with Crippen molar-refractivity contribution in [3.8, 4) is 40.2 Å². The molecule has 250 valence electrons. The van der Waals surface area contributed by atoms with E-state index >= 15 is 0 Å². The molecule has 3 atom stereocenters. The summed E-state index contributed by atoms with van der Waals surface area (Å²) in [4.78, 5) is 25.5. The molecule has 0 fully saturated rings. The first-order valence-electron chi connectivity index (χ1n) is 15.4. The molecule has 0 saturated heterocycles. The number of carboxylic acids is 2. The molecule has 6 rings (SSSR count). The van der Waals surface area contributed by atoms with Gasteiger partial charge in [0.25, 0.3) is 0 Å². The molecule has 1 aliphatic carbocycles. The Morgan fingerprint density at radius 2 is 1.49 bits per heavy atom. The van der Waals surface area contributed by atoms with Crippen molar-refractivity contribution in [1.29, 1.82) is 0 Å². The van der Waals surface area contributed by atoms with Gasteiger partial charge in [-0.3, -0.25) is 0 Å². The molecule has 0 bridgehead atoms. The zero-order valence-corrected chi connectivity index (χ0v) is 29.9. The third-order valence-electron chi connectivity index (χ3n) is 8.85. The fourth-order valence-corrected chi connectivity index (χ4v) is 6.90. The van der Waals surface area contributed by atoms with Crippen molar-refractivity contribution in [2.45, 2.75) is 24.7 Å². The average Bonchev–Trinajstić information content (AvgIpc) is 3.70. The fourth-order valence-electron chi connectivity index (χ4n) is 6.90. The van der Waals surface area contributed by atoms with Gasteiger partial charge in [0.2, 0.25) is 6.79 Å². The van der Waals surface area contributed by atoms with E-state index < -0.39 is 35.8 Å². The largest absolute Gasteiger partial charge is 1.00 e. The van der Waals surface area contributed by atoms with E-state index in [1.54, 1.807) is 48.5 Å². The monoisotopic (exact) mass is 678 g/mol. The van der Waals surface area contributed by atoms with Gasteiger partial charge in [0.05, 0.1) is 33.4 Å². The van der Waals surface area contributed by atoms with Crippen molar-refractivity contribution >= 4 is 11.9 Å². The molecule has 0 saturated carbocycles. The summed E-state index contributed by atoms with van der Waals surface area (Å²) in [6.45, 7) is 1.81. The van der Waals surface area contributed by atoms with Crippen LogP contribution in [0.4, 0.5) is 0 Å². The molecule has 1 aliphatic heterocycles. The SMILES string of the molecule is CCCOc1ccc2c(c1)C(c1ccc(OC)cc1OCC(=O)O)C(C(=O)[O-])C2(c1cc(OC)cc(OC)c1)c1ccc2c(c1)OCO2.[Na+]. The number of ether oxygens (including phenoxy) is 7. The van der Waals surface area contributed by atoms with E-state index in [-0.39, 0.29) is 42.1 Å². The molecule has 2 aliphatic rings. The number of carbonyl (C=O) groups excluding carboxylic acids is 1. The normalized spacial score (nSPS) is 18.5. The summed E-state index contributed by atoms with van der Waals surface area (Å²) >= 11 is 0. The van der Waals surface area contributed by atoms with Crippen molar-refractivity contribution in [1.82, 2.24) is 0 Å². The van der Waals surface area contributed by atoms with E-state index in [1.165, 1.54) is 21.3 Å². The van der Waals surface area contributed by atoms with Crippen LogP contribution in [0.2, 0.25) is 0 Å². The number of carboxylic acid groups (broad SMARTS) is 2. The molecule has 49 heavy (non-hydrogen) atoms. The first kappa shape index (κ1) is 35.7. The molecule has 1 N–H and O–H groups in total. The summed E-state index contributed by atoms with van der Waals surface area (Å²) in [5, 5.41) is 23.4. The van der Waals surface area contributed by atoms with Crippen LogP contribution >= 0.6 is 0 Å². The van der Waals surface area contributed by atoms with Crippen LogP contribution in [0.15, 0.2) is 72.8 Å². The Labute approximate surface area is 305 Å². The number of methoxy groups -OCH3 is 3. The van der Waals surface area contributed by atoms with E-state index in [0.717, 1.165) is 6.42 Å². The van der Waals surface area contributed by atoms with Crippen molar-refractivity contribution in [3.05, 3.63) is 101 Å². The number of rotatable bonds is 13. The standard InChI is InChI=1S/C37H36O11.Na/c1-5-12-45-24-8-10-29-28(17-24)34(27-9-7-23(42-2)18-31(27)46-19-33(38)39)35(36(40)41)37(29,21-6-11-30-32(15-21)48-20-47-30)22-13-25(43-3)16-26(14-22)44-4;/h6-11,13-18,34-35H,5,12,19-20H2,1-4H3,(H,38,39)(H,40,41);/q;+1/p-1. The summed E-state index contributed by atoms with van der Waals surface area (Å²) < 4.78 is 40.0. The average molecular weight is 679 g/mol. The molecule has 0 amide bonds. The molecule has 1 heterocycles. The van der Waals surface area contributed by atoms with Crippen LogP contribution in [0, 0.1) is 5.92 Å². The van der Waals surface area contributed by atoms with Gasteiger partial charge in [0, 0.05) is 35.5 Å². The van der Waals surface area contributed by atoms with Crippen molar-refractivity contribution < 1.29 is 82.5 Å². The number of aliphatic carboxylic acids is 2. The number of hydrogen-bond donors (Lipinski definition) is 1. The predicted molar refractivity (Wildman–Crippen MR) is 171 cm³/mol. The van der Waals surface area contributed by atoms with Crippen LogP contribution in [-0.2, 0) is 15.0 Å². The van der Waals surface area contributed by atoms with Crippen LogP contribution in [0.3, 0.4) is 0 Å². The Kier molecular flexibility index (Phi) is 10.9. The molecule has 4 aromatic carbocycles. The molecule has 11 nitrogen and oxygen atoms in total. The second-order valence-corrected chi connectivity index (χ2v) is 11.4. The number of carbonyl (C=O) groups is 2. The maximum atomic E-state index is 13.9. The minimum Gasteiger partial charge on any atom is -0.550 e. The summed E-state index contributed by atoms with van der Waals surface area (Å²) in [6, 6.07) is 21.1. The van der Waals surface area contributed by atoms with Gasteiger partial charge in [-0.2, -0.15) is 0 Å². The molecular weight excluding hydrogens is 643 g/mol. The Bertz CT molecular complexity index is 1840. The second kappa shape index (κ2) is 14.9. The predicted octanol–water partition coefficient (Wildman–Crippen LogP) is 1.54. The quantitative estimate of drug-likeness (QED) is 0.206. The van der Waals surface area contributed by atoms with Gasteiger partial charge in [0.15, 0.2) is 18.1 Å². The Balaban J connectivity index is 0.00000468. The topological polar surface area (TPSA) is 142 Å². The van der Waals surface area contributed by atoms with Crippen LogP contribution in [-0.4, -0.2) is 58.4 Å². The number of fused-ring (bicyclic) bond motifs is 2. The minimum absolute atomic E-state index is 0. The zero-order chi connectivity index (χ0) is 34.0. The maximum absolute atomic E-state index is 13.9. The first-order chi connectivity index (χ1) is 23.2. The molecule has 0 aromatic heterocycles.